The Balaban J connectivity index is 0.00000200. The Morgan fingerprint density at radius 3 is 2.75 bits per heavy atom. The van der Waals surface area contributed by atoms with Crippen LogP contribution in [-0.4, -0.2) is 40.0 Å². The molecule has 0 aromatic carbocycles. The fourth-order valence-electron chi connectivity index (χ4n) is 2.14. The molecule has 5 nitrogen and oxygen atoms in total. The van der Waals surface area contributed by atoms with Gasteiger partial charge >= 0.3 is 6.55 Å². The molecule has 0 atom stereocenters. The van der Waals surface area contributed by atoms with Crippen LogP contribution in [0.2, 0.25) is 0 Å². The summed E-state index contributed by atoms with van der Waals surface area (Å²) in [6.45, 7) is 2.28. The molecule has 0 unspecified atom stereocenters. The van der Waals surface area contributed by atoms with Crippen LogP contribution < -0.4 is 5.32 Å². The Labute approximate surface area is 134 Å². The van der Waals surface area contributed by atoms with E-state index in [9.17, 15) is 8.78 Å². The molecule has 1 aromatic heterocycles. The highest BCUT2D eigenvalue weighted by Gasteiger charge is 2.16. The Morgan fingerprint density at radius 1 is 1.45 bits per heavy atom. The smallest absolute Gasteiger partial charge is 0.319 e. The number of guanidine groups is 1. The van der Waals surface area contributed by atoms with E-state index in [0.717, 1.165) is 43.0 Å². The maximum Gasteiger partial charge on any atom is 0.319 e. The van der Waals surface area contributed by atoms with Crippen molar-refractivity contribution < 1.29 is 8.78 Å². The Hall–Kier alpha value is -0.930. The third-order valence-electron chi connectivity index (χ3n) is 3.07. The lowest BCUT2D eigenvalue weighted by Gasteiger charge is -2.20. The zero-order valence-electron chi connectivity index (χ0n) is 11.4. The van der Waals surface area contributed by atoms with Crippen LogP contribution >= 0.6 is 24.0 Å². The number of rotatable bonds is 4. The molecule has 0 amide bonds. The standard InChI is InChI=1S/C12H19F2N5.HI/c1-2-15-12(18-6-3-4-7-18)17-9-10-16-5-8-19(10)11(13)14;/h5,8,11H,2-4,6-7,9H2,1H3,(H,15,17);1H. The van der Waals surface area contributed by atoms with Crippen molar-refractivity contribution in [3.8, 4) is 0 Å². The number of nitrogens with one attached hydrogen (secondary N) is 1. The second kappa shape index (κ2) is 8.38. The van der Waals surface area contributed by atoms with E-state index in [1.54, 1.807) is 0 Å². The molecule has 1 aliphatic heterocycles. The molecule has 2 rings (SSSR count). The van der Waals surface area contributed by atoms with Gasteiger partial charge in [0.2, 0.25) is 0 Å². The second-order valence-electron chi connectivity index (χ2n) is 4.39. The fraction of sp³-hybridized carbons (Fsp3) is 0.667. The van der Waals surface area contributed by atoms with Gasteiger partial charge in [-0.25, -0.2) is 9.98 Å². The van der Waals surface area contributed by atoms with Gasteiger partial charge in [-0.3, -0.25) is 4.57 Å². The summed E-state index contributed by atoms with van der Waals surface area (Å²) in [5.41, 5.74) is 0. The molecule has 1 N–H and O–H groups in total. The van der Waals surface area contributed by atoms with Crippen LogP contribution in [-0.2, 0) is 6.54 Å². The maximum atomic E-state index is 12.7. The zero-order chi connectivity index (χ0) is 13.7. The molecular formula is C12H20F2IN5. The van der Waals surface area contributed by atoms with Gasteiger partial charge in [0.15, 0.2) is 5.96 Å². The third kappa shape index (κ3) is 4.29. The normalized spacial score (nSPS) is 15.6. The lowest BCUT2D eigenvalue weighted by atomic mass is 10.4. The van der Waals surface area contributed by atoms with E-state index in [4.69, 9.17) is 0 Å². The van der Waals surface area contributed by atoms with Crippen LogP contribution in [0.25, 0.3) is 0 Å². The van der Waals surface area contributed by atoms with Crippen LogP contribution in [0.4, 0.5) is 8.78 Å². The quantitative estimate of drug-likeness (QED) is 0.481. The highest BCUT2D eigenvalue weighted by Crippen LogP contribution is 2.13. The van der Waals surface area contributed by atoms with E-state index in [1.165, 1.54) is 12.4 Å². The maximum absolute atomic E-state index is 12.7. The minimum Gasteiger partial charge on any atom is -0.357 e. The largest absolute Gasteiger partial charge is 0.357 e. The van der Waals surface area contributed by atoms with Crippen molar-refractivity contribution in [2.24, 2.45) is 4.99 Å². The first-order chi connectivity index (χ1) is 9.22. The van der Waals surface area contributed by atoms with Gasteiger partial charge in [0.25, 0.3) is 0 Å². The summed E-state index contributed by atoms with van der Waals surface area (Å²) < 4.78 is 26.2. The summed E-state index contributed by atoms with van der Waals surface area (Å²) in [6, 6.07) is 0. The van der Waals surface area contributed by atoms with Crippen LogP contribution in [0.3, 0.4) is 0 Å². The van der Waals surface area contributed by atoms with Crippen molar-refractivity contribution in [1.29, 1.82) is 0 Å². The number of halogens is 3. The Bertz CT molecular complexity index is 429. The Morgan fingerprint density at radius 2 is 2.15 bits per heavy atom. The number of likely N-dealkylation sites (tertiary alicyclic amines) is 1. The van der Waals surface area contributed by atoms with Crippen molar-refractivity contribution in [2.45, 2.75) is 32.9 Å². The molecule has 2 heterocycles. The topological polar surface area (TPSA) is 45.5 Å². The fourth-order valence-corrected chi connectivity index (χ4v) is 2.14. The molecule has 1 saturated heterocycles. The van der Waals surface area contributed by atoms with Gasteiger partial charge in [0.05, 0.1) is 0 Å². The van der Waals surface area contributed by atoms with Gasteiger partial charge in [0, 0.05) is 32.0 Å². The summed E-state index contributed by atoms with van der Waals surface area (Å²) in [5, 5.41) is 3.19. The first kappa shape index (κ1) is 17.1. The predicted octanol–water partition coefficient (Wildman–Crippen LogP) is 2.46. The number of nitrogens with zero attached hydrogens (tertiary/aromatic N) is 4. The summed E-state index contributed by atoms with van der Waals surface area (Å²) in [6.07, 6.45) is 4.95. The summed E-state index contributed by atoms with van der Waals surface area (Å²) in [4.78, 5) is 10.5. The molecule has 0 saturated carbocycles. The number of aliphatic imine (C=N–C) groups is 1. The molecule has 8 heteroatoms. The molecule has 1 aliphatic rings. The van der Waals surface area contributed by atoms with Crippen LogP contribution in [0, 0.1) is 0 Å². The van der Waals surface area contributed by atoms with E-state index in [0.29, 0.717) is 0 Å². The molecule has 114 valence electrons. The van der Waals surface area contributed by atoms with Crippen molar-refractivity contribution in [1.82, 2.24) is 19.8 Å². The van der Waals surface area contributed by atoms with Crippen LogP contribution in [0.1, 0.15) is 32.1 Å². The predicted molar refractivity (Wildman–Crippen MR) is 84.5 cm³/mol. The molecule has 20 heavy (non-hydrogen) atoms. The summed E-state index contributed by atoms with van der Waals surface area (Å²) in [7, 11) is 0. The lowest BCUT2D eigenvalue weighted by molar-refractivity contribution is 0.0671. The number of imidazole rings is 1. The molecule has 0 radical (unpaired) electrons. The first-order valence-electron chi connectivity index (χ1n) is 6.55. The molecule has 0 bridgehead atoms. The zero-order valence-corrected chi connectivity index (χ0v) is 13.8. The average Bonchev–Trinajstić information content (AvgIpc) is 3.05. The SMILES string of the molecule is CCNC(=NCc1nccn1C(F)F)N1CCCC1.I. The summed E-state index contributed by atoms with van der Waals surface area (Å²) >= 11 is 0. The van der Waals surface area contributed by atoms with Gasteiger partial charge in [-0.05, 0) is 19.8 Å². The number of hydrogen-bond acceptors (Lipinski definition) is 2. The van der Waals surface area contributed by atoms with E-state index < -0.39 is 6.55 Å². The number of aromatic nitrogens is 2. The number of hydrogen-bond donors (Lipinski definition) is 1. The van der Waals surface area contributed by atoms with E-state index in [-0.39, 0.29) is 36.3 Å². The van der Waals surface area contributed by atoms with Gasteiger partial charge in [0.1, 0.15) is 12.4 Å². The van der Waals surface area contributed by atoms with Gasteiger partial charge in [-0.15, -0.1) is 24.0 Å². The molecular weight excluding hydrogens is 379 g/mol. The minimum atomic E-state index is -2.57. The minimum absolute atomic E-state index is 0. The van der Waals surface area contributed by atoms with Gasteiger partial charge in [-0.1, -0.05) is 0 Å². The van der Waals surface area contributed by atoms with Crippen LogP contribution in [0.15, 0.2) is 17.4 Å². The lowest BCUT2D eigenvalue weighted by Crippen LogP contribution is -2.39. The highest BCUT2D eigenvalue weighted by atomic mass is 127. The monoisotopic (exact) mass is 399 g/mol. The van der Waals surface area contributed by atoms with E-state index in [2.05, 4.69) is 20.2 Å². The van der Waals surface area contributed by atoms with Crippen molar-refractivity contribution >= 4 is 29.9 Å². The molecule has 0 spiro atoms. The van der Waals surface area contributed by atoms with Crippen molar-refractivity contribution in [3.63, 3.8) is 0 Å². The first-order valence-corrected chi connectivity index (χ1v) is 6.55. The van der Waals surface area contributed by atoms with Crippen molar-refractivity contribution in [3.05, 3.63) is 18.2 Å². The van der Waals surface area contributed by atoms with Gasteiger partial charge < -0.3 is 10.2 Å². The van der Waals surface area contributed by atoms with Crippen molar-refractivity contribution in [2.75, 3.05) is 19.6 Å². The molecule has 0 aliphatic carbocycles. The van der Waals surface area contributed by atoms with Gasteiger partial charge in [-0.2, -0.15) is 8.78 Å². The van der Waals surface area contributed by atoms with Crippen LogP contribution in [0.5, 0.6) is 0 Å². The number of alkyl halides is 2. The second-order valence-corrected chi connectivity index (χ2v) is 4.39. The summed E-state index contributed by atoms with van der Waals surface area (Å²) in [5.74, 6) is 1.06. The third-order valence-corrected chi connectivity index (χ3v) is 3.07. The Kier molecular flexibility index (Phi) is 7.17. The van der Waals surface area contributed by atoms with E-state index >= 15 is 0 Å². The molecule has 1 fully saturated rings. The van der Waals surface area contributed by atoms with E-state index in [1.807, 2.05) is 6.92 Å². The highest BCUT2D eigenvalue weighted by molar-refractivity contribution is 14.0. The molecule has 1 aromatic rings. The average molecular weight is 399 g/mol.